The highest BCUT2D eigenvalue weighted by molar-refractivity contribution is 5.83. The van der Waals surface area contributed by atoms with Gasteiger partial charge in [0.15, 0.2) is 0 Å². The summed E-state index contributed by atoms with van der Waals surface area (Å²) in [7, 11) is 0. The monoisotopic (exact) mass is 268 g/mol. The average molecular weight is 268 g/mol. The molecule has 1 aliphatic carbocycles. The summed E-state index contributed by atoms with van der Waals surface area (Å²) in [6.07, 6.45) is 6.63. The Morgan fingerprint density at radius 3 is 2.79 bits per heavy atom. The molecule has 1 unspecified atom stereocenters. The molecule has 19 heavy (non-hydrogen) atoms. The van der Waals surface area contributed by atoms with Crippen LogP contribution in [-0.4, -0.2) is 52.3 Å². The molecule has 1 fully saturated rings. The zero-order valence-electron chi connectivity index (χ0n) is 10.8. The Morgan fingerprint density at radius 1 is 1.37 bits per heavy atom. The van der Waals surface area contributed by atoms with E-state index >= 15 is 0 Å². The van der Waals surface area contributed by atoms with E-state index in [4.69, 9.17) is 5.11 Å². The van der Waals surface area contributed by atoms with Gasteiger partial charge in [0.2, 0.25) is 0 Å². The SMILES string of the molecule is O=C(O)[C@H]1C[C@@H](O)CN1C(=O)NCC1CC=CCC1. The van der Waals surface area contributed by atoms with Gasteiger partial charge in [-0.1, -0.05) is 12.2 Å². The fourth-order valence-electron chi connectivity index (χ4n) is 2.65. The number of hydrogen-bond acceptors (Lipinski definition) is 3. The van der Waals surface area contributed by atoms with Crippen molar-refractivity contribution >= 4 is 12.0 Å². The number of carbonyl (C=O) groups is 2. The quantitative estimate of drug-likeness (QED) is 0.653. The van der Waals surface area contributed by atoms with Crippen molar-refractivity contribution < 1.29 is 19.8 Å². The number of carboxylic acid groups (broad SMARTS) is 1. The third-order valence-corrected chi connectivity index (χ3v) is 3.74. The number of aliphatic hydroxyl groups excluding tert-OH is 1. The van der Waals surface area contributed by atoms with Crippen LogP contribution in [0.1, 0.15) is 25.7 Å². The Hall–Kier alpha value is -1.56. The van der Waals surface area contributed by atoms with Crippen LogP contribution in [0.4, 0.5) is 4.79 Å². The number of urea groups is 1. The number of aliphatic hydroxyl groups is 1. The van der Waals surface area contributed by atoms with Gasteiger partial charge >= 0.3 is 12.0 Å². The van der Waals surface area contributed by atoms with Crippen LogP contribution in [0.2, 0.25) is 0 Å². The first-order valence-corrected chi connectivity index (χ1v) is 6.68. The summed E-state index contributed by atoms with van der Waals surface area (Å²) >= 11 is 0. The molecule has 2 amide bonds. The highest BCUT2D eigenvalue weighted by atomic mass is 16.4. The Labute approximate surface area is 112 Å². The highest BCUT2D eigenvalue weighted by Crippen LogP contribution is 2.19. The summed E-state index contributed by atoms with van der Waals surface area (Å²) in [5.74, 6) is -0.642. The largest absolute Gasteiger partial charge is 0.480 e. The van der Waals surface area contributed by atoms with Crippen molar-refractivity contribution in [2.75, 3.05) is 13.1 Å². The van der Waals surface area contributed by atoms with E-state index in [-0.39, 0.29) is 13.0 Å². The minimum absolute atomic E-state index is 0.0906. The molecule has 3 atom stereocenters. The van der Waals surface area contributed by atoms with Crippen LogP contribution in [0, 0.1) is 5.92 Å². The number of nitrogens with one attached hydrogen (secondary N) is 1. The van der Waals surface area contributed by atoms with Crippen LogP contribution in [0.3, 0.4) is 0 Å². The first-order valence-electron chi connectivity index (χ1n) is 6.68. The van der Waals surface area contributed by atoms with Crippen LogP contribution >= 0.6 is 0 Å². The topological polar surface area (TPSA) is 89.9 Å². The Bertz CT molecular complexity index is 383. The third-order valence-electron chi connectivity index (χ3n) is 3.74. The molecular weight excluding hydrogens is 248 g/mol. The molecule has 3 N–H and O–H groups in total. The summed E-state index contributed by atoms with van der Waals surface area (Å²) in [6.45, 7) is 0.648. The molecule has 2 rings (SSSR count). The van der Waals surface area contributed by atoms with E-state index in [2.05, 4.69) is 17.5 Å². The fourth-order valence-corrected chi connectivity index (χ4v) is 2.65. The van der Waals surface area contributed by atoms with Gasteiger partial charge in [-0.2, -0.15) is 0 Å². The number of carboxylic acids is 1. The number of hydrogen-bond donors (Lipinski definition) is 3. The molecule has 1 heterocycles. The van der Waals surface area contributed by atoms with Gasteiger partial charge in [-0.25, -0.2) is 9.59 Å². The van der Waals surface area contributed by atoms with Gasteiger partial charge in [0.05, 0.1) is 6.10 Å². The van der Waals surface area contributed by atoms with Gasteiger partial charge < -0.3 is 20.4 Å². The van der Waals surface area contributed by atoms with E-state index in [9.17, 15) is 14.7 Å². The number of amides is 2. The predicted octanol–water partition coefficient (Wildman–Crippen LogP) is 0.572. The van der Waals surface area contributed by atoms with Crippen LogP contribution in [0.5, 0.6) is 0 Å². The normalized spacial score (nSPS) is 30.4. The van der Waals surface area contributed by atoms with E-state index in [0.29, 0.717) is 12.5 Å². The minimum Gasteiger partial charge on any atom is -0.480 e. The number of rotatable bonds is 3. The fraction of sp³-hybridized carbons (Fsp3) is 0.692. The molecule has 1 saturated heterocycles. The molecule has 0 spiro atoms. The van der Waals surface area contributed by atoms with Gasteiger partial charge in [-0.05, 0) is 25.2 Å². The van der Waals surface area contributed by atoms with Gasteiger partial charge in [-0.3, -0.25) is 0 Å². The van der Waals surface area contributed by atoms with E-state index in [1.165, 1.54) is 4.90 Å². The van der Waals surface area contributed by atoms with Crippen molar-refractivity contribution in [3.8, 4) is 0 Å². The van der Waals surface area contributed by atoms with E-state index < -0.39 is 24.1 Å². The minimum atomic E-state index is -1.06. The molecule has 6 heteroatoms. The van der Waals surface area contributed by atoms with Crippen LogP contribution in [0.15, 0.2) is 12.2 Å². The second-order valence-corrected chi connectivity index (χ2v) is 5.23. The summed E-state index contributed by atoms with van der Waals surface area (Å²) in [6, 6.07) is -1.31. The van der Waals surface area contributed by atoms with E-state index in [0.717, 1.165) is 19.3 Å². The van der Waals surface area contributed by atoms with Gasteiger partial charge in [0.25, 0.3) is 0 Å². The Kier molecular flexibility index (Phi) is 4.42. The van der Waals surface area contributed by atoms with Crippen molar-refractivity contribution in [1.82, 2.24) is 10.2 Å². The first-order chi connectivity index (χ1) is 9.08. The van der Waals surface area contributed by atoms with Crippen molar-refractivity contribution in [2.24, 2.45) is 5.92 Å². The van der Waals surface area contributed by atoms with Crippen LogP contribution in [0.25, 0.3) is 0 Å². The van der Waals surface area contributed by atoms with Crippen LogP contribution in [-0.2, 0) is 4.79 Å². The molecule has 6 nitrogen and oxygen atoms in total. The van der Waals surface area contributed by atoms with Gasteiger partial charge in [0.1, 0.15) is 6.04 Å². The molecule has 0 saturated carbocycles. The second-order valence-electron chi connectivity index (χ2n) is 5.23. The van der Waals surface area contributed by atoms with E-state index in [1.807, 2.05) is 0 Å². The summed E-state index contributed by atoms with van der Waals surface area (Å²) in [4.78, 5) is 24.2. The third kappa shape index (κ3) is 3.47. The summed E-state index contributed by atoms with van der Waals surface area (Å²) in [5, 5.41) is 21.3. The van der Waals surface area contributed by atoms with Gasteiger partial charge in [-0.15, -0.1) is 0 Å². The lowest BCUT2D eigenvalue weighted by Crippen LogP contribution is -2.47. The molecule has 106 valence electrons. The lowest BCUT2D eigenvalue weighted by molar-refractivity contribution is -0.141. The van der Waals surface area contributed by atoms with Crippen molar-refractivity contribution in [2.45, 2.75) is 37.8 Å². The lowest BCUT2D eigenvalue weighted by Gasteiger charge is -2.24. The zero-order valence-corrected chi connectivity index (χ0v) is 10.8. The number of likely N-dealkylation sites (tertiary alicyclic amines) is 1. The molecular formula is C13H20N2O4. The molecule has 1 aliphatic heterocycles. The first kappa shape index (κ1) is 13.9. The molecule has 0 aromatic carbocycles. The average Bonchev–Trinajstić information content (AvgIpc) is 2.79. The van der Waals surface area contributed by atoms with Gasteiger partial charge in [0, 0.05) is 19.5 Å². The van der Waals surface area contributed by atoms with Crippen molar-refractivity contribution in [3.05, 3.63) is 12.2 Å². The standard InChI is InChI=1S/C13H20N2O4/c16-10-6-11(12(17)18)15(8-10)13(19)14-7-9-4-2-1-3-5-9/h1-2,9-11,16H,3-8H2,(H,14,19)(H,17,18)/t9?,10-,11-/m1/s1. The number of aliphatic carboxylic acids is 1. The highest BCUT2D eigenvalue weighted by Gasteiger charge is 2.38. The predicted molar refractivity (Wildman–Crippen MR) is 68.6 cm³/mol. The molecule has 0 aromatic rings. The summed E-state index contributed by atoms with van der Waals surface area (Å²) < 4.78 is 0. The molecule has 2 aliphatic rings. The maximum Gasteiger partial charge on any atom is 0.326 e. The lowest BCUT2D eigenvalue weighted by atomic mass is 9.94. The maximum atomic E-state index is 12.0. The summed E-state index contributed by atoms with van der Waals surface area (Å²) in [5.41, 5.74) is 0. The second kappa shape index (κ2) is 6.06. The maximum absolute atomic E-state index is 12.0. The van der Waals surface area contributed by atoms with E-state index in [1.54, 1.807) is 0 Å². The number of carbonyl (C=O) groups excluding carboxylic acids is 1. The van der Waals surface area contributed by atoms with Crippen molar-refractivity contribution in [3.63, 3.8) is 0 Å². The molecule has 0 bridgehead atoms. The smallest absolute Gasteiger partial charge is 0.326 e. The molecule has 0 aromatic heterocycles. The number of β-amino-alcohol motifs (C(OH)–C–C–N with tert-alkyl or cyclic N) is 1. The zero-order chi connectivity index (χ0) is 13.8. The number of nitrogens with zero attached hydrogens (tertiary/aromatic N) is 1. The molecule has 0 radical (unpaired) electrons. The number of allylic oxidation sites excluding steroid dienone is 2. The van der Waals surface area contributed by atoms with Crippen molar-refractivity contribution in [1.29, 1.82) is 0 Å². The van der Waals surface area contributed by atoms with Crippen LogP contribution < -0.4 is 5.32 Å². The Balaban J connectivity index is 1.84. The Morgan fingerprint density at radius 2 is 2.16 bits per heavy atom.